The predicted octanol–water partition coefficient (Wildman–Crippen LogP) is 1.41. The number of benzene rings is 1. The number of rotatable bonds is 6. The van der Waals surface area contributed by atoms with E-state index in [1.165, 1.54) is 6.92 Å². The molecule has 0 saturated heterocycles. The van der Waals surface area contributed by atoms with Crippen LogP contribution in [-0.4, -0.2) is 36.9 Å². The Labute approximate surface area is 112 Å². The first-order chi connectivity index (χ1) is 9.03. The number of aliphatic hydroxyl groups excluding tert-OH is 1. The Balaban J connectivity index is 2.63. The van der Waals surface area contributed by atoms with E-state index in [0.717, 1.165) is 0 Å². The van der Waals surface area contributed by atoms with Crippen molar-refractivity contribution in [2.75, 3.05) is 19.8 Å². The maximum Gasteiger partial charge on any atom is 0.338 e. The minimum atomic E-state index is -1.24. The molecule has 0 fully saturated rings. The quantitative estimate of drug-likeness (QED) is 0.788. The van der Waals surface area contributed by atoms with E-state index < -0.39 is 24.0 Å². The second kappa shape index (κ2) is 6.89. The fourth-order valence-electron chi connectivity index (χ4n) is 1.36. The van der Waals surface area contributed by atoms with Gasteiger partial charge >= 0.3 is 11.9 Å². The molecule has 0 aliphatic carbocycles. The normalized spacial score (nSPS) is 13.4. The molecule has 104 valence electrons. The zero-order valence-corrected chi connectivity index (χ0v) is 11.1. The summed E-state index contributed by atoms with van der Waals surface area (Å²) in [6, 6.07) is 8.44. The molecule has 5 nitrogen and oxygen atoms in total. The van der Waals surface area contributed by atoms with Gasteiger partial charge in [-0.3, -0.25) is 4.79 Å². The summed E-state index contributed by atoms with van der Waals surface area (Å²) in [6.45, 7) is 2.69. The Kier molecular flexibility index (Phi) is 5.51. The molecule has 1 aromatic rings. The fourth-order valence-corrected chi connectivity index (χ4v) is 1.36. The van der Waals surface area contributed by atoms with Gasteiger partial charge in [-0.05, 0) is 26.0 Å². The van der Waals surface area contributed by atoms with Crippen molar-refractivity contribution in [3.05, 3.63) is 35.9 Å². The van der Waals surface area contributed by atoms with Gasteiger partial charge in [-0.15, -0.1) is 0 Å². The number of hydrogen-bond acceptors (Lipinski definition) is 5. The van der Waals surface area contributed by atoms with Crippen molar-refractivity contribution < 1.29 is 24.2 Å². The minimum Gasteiger partial charge on any atom is -0.465 e. The van der Waals surface area contributed by atoms with Crippen LogP contribution in [0.25, 0.3) is 0 Å². The van der Waals surface area contributed by atoms with Gasteiger partial charge in [0.25, 0.3) is 0 Å². The molecule has 0 amide bonds. The maximum absolute atomic E-state index is 11.7. The van der Waals surface area contributed by atoms with Gasteiger partial charge in [-0.25, -0.2) is 4.79 Å². The average Bonchev–Trinajstić information content (AvgIpc) is 2.45. The molecule has 1 rings (SSSR count). The molecule has 5 heteroatoms. The van der Waals surface area contributed by atoms with Gasteiger partial charge in [-0.1, -0.05) is 18.2 Å². The van der Waals surface area contributed by atoms with Crippen molar-refractivity contribution >= 4 is 11.9 Å². The number of hydrogen-bond donors (Lipinski definition) is 1. The second-order valence-corrected chi connectivity index (χ2v) is 4.38. The van der Waals surface area contributed by atoms with Crippen molar-refractivity contribution in [2.24, 2.45) is 5.41 Å². The lowest BCUT2D eigenvalue weighted by atomic mass is 9.93. The highest BCUT2D eigenvalue weighted by atomic mass is 16.6. The van der Waals surface area contributed by atoms with E-state index in [1.54, 1.807) is 37.3 Å². The Bertz CT molecular complexity index is 429. The van der Waals surface area contributed by atoms with Gasteiger partial charge in [0.15, 0.2) is 0 Å². The molecule has 19 heavy (non-hydrogen) atoms. The third-order valence-corrected chi connectivity index (χ3v) is 2.65. The maximum atomic E-state index is 11.7. The van der Waals surface area contributed by atoms with Crippen LogP contribution in [0.3, 0.4) is 0 Å². The van der Waals surface area contributed by atoms with Gasteiger partial charge in [0, 0.05) is 0 Å². The first-order valence-corrected chi connectivity index (χ1v) is 6.03. The molecule has 1 atom stereocenters. The zero-order chi connectivity index (χ0) is 14.3. The Morgan fingerprint density at radius 2 is 1.84 bits per heavy atom. The van der Waals surface area contributed by atoms with E-state index in [1.807, 2.05) is 0 Å². The van der Waals surface area contributed by atoms with Crippen molar-refractivity contribution in [1.29, 1.82) is 0 Å². The zero-order valence-electron chi connectivity index (χ0n) is 11.1. The summed E-state index contributed by atoms with van der Waals surface area (Å²) >= 11 is 0. The van der Waals surface area contributed by atoms with Crippen LogP contribution in [-0.2, 0) is 14.3 Å². The van der Waals surface area contributed by atoms with E-state index in [0.29, 0.717) is 5.56 Å². The van der Waals surface area contributed by atoms with E-state index >= 15 is 0 Å². The third kappa shape index (κ3) is 4.06. The smallest absolute Gasteiger partial charge is 0.338 e. The number of esters is 2. The van der Waals surface area contributed by atoms with E-state index in [9.17, 15) is 14.7 Å². The topological polar surface area (TPSA) is 72.8 Å². The molecule has 0 aliphatic heterocycles. The molecule has 0 aromatic heterocycles. The van der Waals surface area contributed by atoms with Gasteiger partial charge in [-0.2, -0.15) is 0 Å². The molecular weight excluding hydrogens is 248 g/mol. The van der Waals surface area contributed by atoms with Crippen LogP contribution in [0.1, 0.15) is 24.2 Å². The third-order valence-electron chi connectivity index (χ3n) is 2.65. The highest BCUT2D eigenvalue weighted by Crippen LogP contribution is 2.19. The van der Waals surface area contributed by atoms with Crippen LogP contribution < -0.4 is 0 Å². The molecule has 0 radical (unpaired) electrons. The summed E-state index contributed by atoms with van der Waals surface area (Å²) in [7, 11) is 0. The standard InChI is InChI=1S/C14H18O5/c1-3-18-13(17)14(2,9-15)10-19-12(16)11-7-5-4-6-8-11/h4-8,15H,3,9-10H2,1-2H3/t14-/m1/s1. The Morgan fingerprint density at radius 3 is 2.37 bits per heavy atom. The van der Waals surface area contributed by atoms with Crippen molar-refractivity contribution in [1.82, 2.24) is 0 Å². The molecule has 0 unspecified atom stereocenters. The van der Waals surface area contributed by atoms with Crippen molar-refractivity contribution in [3.8, 4) is 0 Å². The van der Waals surface area contributed by atoms with Gasteiger partial charge in [0.05, 0.1) is 18.8 Å². The molecule has 1 N–H and O–H groups in total. The molecule has 0 bridgehead atoms. The molecule has 0 spiro atoms. The SMILES string of the molecule is CCOC(=O)[C@](C)(CO)COC(=O)c1ccccc1. The summed E-state index contributed by atoms with van der Waals surface area (Å²) in [6.07, 6.45) is 0. The first-order valence-electron chi connectivity index (χ1n) is 6.03. The largest absolute Gasteiger partial charge is 0.465 e. The number of carbonyl (C=O) groups excluding carboxylic acids is 2. The average molecular weight is 266 g/mol. The van der Waals surface area contributed by atoms with Gasteiger partial charge in [0.2, 0.25) is 0 Å². The molecule has 1 aromatic carbocycles. The van der Waals surface area contributed by atoms with Gasteiger partial charge < -0.3 is 14.6 Å². The molecule has 0 saturated carbocycles. The highest BCUT2D eigenvalue weighted by Gasteiger charge is 2.36. The summed E-state index contributed by atoms with van der Waals surface area (Å²) in [5.41, 5.74) is -0.841. The van der Waals surface area contributed by atoms with Crippen LogP contribution in [0.5, 0.6) is 0 Å². The fraction of sp³-hybridized carbons (Fsp3) is 0.429. The highest BCUT2D eigenvalue weighted by molar-refractivity contribution is 5.89. The van der Waals surface area contributed by atoms with Crippen molar-refractivity contribution in [3.63, 3.8) is 0 Å². The van der Waals surface area contributed by atoms with Gasteiger partial charge in [0.1, 0.15) is 12.0 Å². The van der Waals surface area contributed by atoms with Crippen LogP contribution in [0.15, 0.2) is 30.3 Å². The lowest BCUT2D eigenvalue weighted by Crippen LogP contribution is -2.38. The van der Waals surface area contributed by atoms with Crippen LogP contribution >= 0.6 is 0 Å². The lowest BCUT2D eigenvalue weighted by molar-refractivity contribution is -0.159. The Morgan fingerprint density at radius 1 is 1.21 bits per heavy atom. The summed E-state index contributed by atoms with van der Waals surface area (Å²) in [4.78, 5) is 23.4. The monoisotopic (exact) mass is 266 g/mol. The number of carbonyl (C=O) groups is 2. The Hall–Kier alpha value is -1.88. The first kappa shape index (κ1) is 15.2. The van der Waals surface area contributed by atoms with Crippen LogP contribution in [0.2, 0.25) is 0 Å². The summed E-state index contributed by atoms with van der Waals surface area (Å²) < 4.78 is 9.90. The lowest BCUT2D eigenvalue weighted by Gasteiger charge is -2.24. The van der Waals surface area contributed by atoms with Crippen LogP contribution in [0, 0.1) is 5.41 Å². The minimum absolute atomic E-state index is 0.209. The van der Waals surface area contributed by atoms with E-state index in [4.69, 9.17) is 9.47 Å². The van der Waals surface area contributed by atoms with Crippen LogP contribution in [0.4, 0.5) is 0 Å². The van der Waals surface area contributed by atoms with E-state index in [2.05, 4.69) is 0 Å². The molecule has 0 aliphatic rings. The summed E-state index contributed by atoms with van der Waals surface area (Å²) in [5, 5.41) is 9.27. The van der Waals surface area contributed by atoms with E-state index in [-0.39, 0.29) is 13.2 Å². The summed E-state index contributed by atoms with van der Waals surface area (Å²) in [5.74, 6) is -1.12. The number of ether oxygens (including phenoxy) is 2. The molecule has 0 heterocycles. The predicted molar refractivity (Wildman–Crippen MR) is 68.6 cm³/mol. The van der Waals surface area contributed by atoms with Crippen molar-refractivity contribution in [2.45, 2.75) is 13.8 Å². The number of aliphatic hydroxyl groups is 1. The molecular formula is C14H18O5. The second-order valence-electron chi connectivity index (χ2n) is 4.38.